The Hall–Kier alpha value is -3.36. The van der Waals surface area contributed by atoms with Crippen LogP contribution in [0.3, 0.4) is 0 Å². The molecule has 0 amide bonds. The van der Waals surface area contributed by atoms with E-state index < -0.39 is 36.6 Å². The summed E-state index contributed by atoms with van der Waals surface area (Å²) in [5, 5.41) is 0. The van der Waals surface area contributed by atoms with Crippen molar-refractivity contribution in [3.63, 3.8) is 0 Å². The second-order valence-corrected chi connectivity index (χ2v) is 10.3. The third-order valence-electron chi connectivity index (χ3n) is 7.47. The van der Waals surface area contributed by atoms with Crippen molar-refractivity contribution >= 4 is 0 Å². The Bertz CT molecular complexity index is 1280. The zero-order valence-electron chi connectivity index (χ0n) is 23.5. The first-order valence-corrected chi connectivity index (χ1v) is 14.1. The van der Waals surface area contributed by atoms with Gasteiger partial charge in [0.05, 0.1) is 32.5 Å². The predicted octanol–water partition coefficient (Wildman–Crippen LogP) is 5.68. The zero-order valence-corrected chi connectivity index (χ0v) is 23.5. The molecule has 214 valence electrons. The maximum atomic E-state index is 6.92. The summed E-state index contributed by atoms with van der Waals surface area (Å²) >= 11 is 0. The molecule has 0 unspecified atom stereocenters. The van der Waals surface area contributed by atoms with E-state index in [1.807, 2.05) is 121 Å². The van der Waals surface area contributed by atoms with Crippen molar-refractivity contribution < 1.29 is 23.7 Å². The van der Waals surface area contributed by atoms with Gasteiger partial charge in [0.1, 0.15) is 30.5 Å². The summed E-state index contributed by atoms with van der Waals surface area (Å²) in [6.45, 7) is 1.56. The van der Waals surface area contributed by atoms with Crippen LogP contribution in [0.5, 0.6) is 0 Å². The Morgan fingerprint density at radius 2 is 0.683 bits per heavy atom. The third kappa shape index (κ3) is 7.89. The lowest BCUT2D eigenvalue weighted by atomic mass is 9.82. The highest BCUT2D eigenvalue weighted by molar-refractivity contribution is 5.17. The summed E-state index contributed by atoms with van der Waals surface area (Å²) in [7, 11) is 1.66. The highest BCUT2D eigenvalue weighted by Gasteiger charge is 2.52. The second-order valence-electron chi connectivity index (χ2n) is 10.3. The van der Waals surface area contributed by atoms with Crippen LogP contribution in [0.2, 0.25) is 0 Å². The molecule has 6 nitrogen and oxygen atoms in total. The van der Waals surface area contributed by atoms with Gasteiger partial charge in [0.2, 0.25) is 0 Å². The molecule has 0 spiro atoms. The van der Waals surface area contributed by atoms with E-state index in [0.29, 0.717) is 26.4 Å². The predicted molar refractivity (Wildman–Crippen MR) is 159 cm³/mol. The van der Waals surface area contributed by atoms with E-state index in [2.05, 4.69) is 0 Å². The highest BCUT2D eigenvalue weighted by atomic mass is 16.6. The van der Waals surface area contributed by atoms with Crippen molar-refractivity contribution in [1.29, 1.82) is 0 Å². The molecular formula is C35H39NO5. The van der Waals surface area contributed by atoms with Crippen molar-refractivity contribution in [2.75, 3.05) is 7.11 Å². The molecular weight excluding hydrogens is 514 g/mol. The molecule has 5 rings (SSSR count). The molecule has 0 bridgehead atoms. The molecule has 0 heterocycles. The van der Waals surface area contributed by atoms with Gasteiger partial charge in [-0.15, -0.1) is 0 Å². The number of nitrogens with two attached hydrogens (primary N) is 1. The van der Waals surface area contributed by atoms with Crippen molar-refractivity contribution in [1.82, 2.24) is 0 Å². The molecule has 0 radical (unpaired) electrons. The van der Waals surface area contributed by atoms with E-state index >= 15 is 0 Å². The van der Waals surface area contributed by atoms with Crippen LogP contribution in [-0.2, 0) is 50.1 Å². The normalized spacial score (nSPS) is 24.2. The van der Waals surface area contributed by atoms with Crippen LogP contribution < -0.4 is 5.73 Å². The maximum absolute atomic E-state index is 6.92. The zero-order chi connectivity index (χ0) is 28.3. The van der Waals surface area contributed by atoms with Crippen LogP contribution in [0, 0.1) is 0 Å². The molecule has 1 fully saturated rings. The number of hydrogen-bond donors (Lipinski definition) is 1. The molecule has 1 aliphatic carbocycles. The monoisotopic (exact) mass is 553 g/mol. The Morgan fingerprint density at radius 3 is 1.00 bits per heavy atom. The van der Waals surface area contributed by atoms with E-state index in [4.69, 9.17) is 29.4 Å². The van der Waals surface area contributed by atoms with E-state index in [1.54, 1.807) is 7.11 Å². The van der Waals surface area contributed by atoms with Crippen molar-refractivity contribution in [2.24, 2.45) is 5.73 Å². The summed E-state index contributed by atoms with van der Waals surface area (Å²) in [5.41, 5.74) is 11.1. The first-order chi connectivity index (χ1) is 20.2. The molecule has 4 aromatic carbocycles. The highest BCUT2D eigenvalue weighted by Crippen LogP contribution is 2.33. The van der Waals surface area contributed by atoms with E-state index in [1.165, 1.54) is 0 Å². The van der Waals surface area contributed by atoms with Gasteiger partial charge in [-0.25, -0.2) is 0 Å². The van der Waals surface area contributed by atoms with Crippen LogP contribution in [0.4, 0.5) is 0 Å². The van der Waals surface area contributed by atoms with Gasteiger partial charge in [0, 0.05) is 7.11 Å². The molecule has 6 heteroatoms. The average Bonchev–Trinajstić information content (AvgIpc) is 3.03. The molecule has 0 aliphatic heterocycles. The lowest BCUT2D eigenvalue weighted by Gasteiger charge is -2.48. The summed E-state index contributed by atoms with van der Waals surface area (Å²) in [6, 6.07) is 39.8. The largest absolute Gasteiger partial charge is 0.377 e. The molecule has 6 atom stereocenters. The standard InChI is InChI=1S/C35H39NO5/c1-37-31-30(36)32(38-22-26-14-6-2-7-15-26)34(40-24-28-18-10-4-11-19-28)35(41-25-29-20-12-5-13-21-29)33(31)39-23-27-16-8-3-9-17-27/h2-21,30-35H,22-25,36H2,1H3/t30-,31-,32+,33+,34-,35-/m1/s1. The Labute approximate surface area is 243 Å². The minimum atomic E-state index is -0.512. The number of methoxy groups -OCH3 is 1. The van der Waals surface area contributed by atoms with Gasteiger partial charge in [-0.05, 0) is 22.3 Å². The number of hydrogen-bond acceptors (Lipinski definition) is 6. The topological polar surface area (TPSA) is 72.2 Å². The fourth-order valence-corrected chi connectivity index (χ4v) is 5.32. The molecule has 1 saturated carbocycles. The first-order valence-electron chi connectivity index (χ1n) is 14.1. The van der Waals surface area contributed by atoms with Crippen LogP contribution in [-0.4, -0.2) is 43.7 Å². The maximum Gasteiger partial charge on any atom is 0.115 e. The van der Waals surface area contributed by atoms with Crippen LogP contribution >= 0.6 is 0 Å². The molecule has 4 aromatic rings. The summed E-state index contributed by atoms with van der Waals surface area (Å²) in [4.78, 5) is 0. The summed E-state index contributed by atoms with van der Waals surface area (Å²) in [5.74, 6) is 0. The van der Waals surface area contributed by atoms with Crippen molar-refractivity contribution in [2.45, 2.75) is 63.0 Å². The van der Waals surface area contributed by atoms with E-state index in [0.717, 1.165) is 22.3 Å². The molecule has 1 aliphatic rings. The Morgan fingerprint density at radius 1 is 0.415 bits per heavy atom. The summed E-state index contributed by atoms with van der Waals surface area (Å²) in [6.07, 6.45) is -2.48. The van der Waals surface area contributed by atoms with Crippen molar-refractivity contribution in [3.8, 4) is 0 Å². The Kier molecular flexibility index (Phi) is 10.7. The van der Waals surface area contributed by atoms with Crippen LogP contribution in [0.25, 0.3) is 0 Å². The first kappa shape index (κ1) is 29.1. The van der Waals surface area contributed by atoms with Crippen molar-refractivity contribution in [3.05, 3.63) is 144 Å². The van der Waals surface area contributed by atoms with E-state index in [-0.39, 0.29) is 0 Å². The van der Waals surface area contributed by atoms with Crippen LogP contribution in [0.15, 0.2) is 121 Å². The molecule has 41 heavy (non-hydrogen) atoms. The smallest absolute Gasteiger partial charge is 0.115 e. The third-order valence-corrected chi connectivity index (χ3v) is 7.47. The molecule has 0 aromatic heterocycles. The van der Waals surface area contributed by atoms with Gasteiger partial charge in [-0.3, -0.25) is 0 Å². The second kappa shape index (κ2) is 15.0. The quantitative estimate of drug-likeness (QED) is 0.230. The summed E-state index contributed by atoms with van der Waals surface area (Å²) < 4.78 is 32.4. The van der Waals surface area contributed by atoms with Gasteiger partial charge in [0.15, 0.2) is 0 Å². The number of rotatable bonds is 13. The SMILES string of the molecule is CO[C@@H]1[C@@H](N)[C@H](OCc2ccccc2)[C@@H](OCc2ccccc2)[C@H](OCc2ccccc2)[C@H]1OCc1ccccc1. The minimum absolute atomic E-state index is 0.387. The van der Waals surface area contributed by atoms with Gasteiger partial charge in [-0.1, -0.05) is 121 Å². The number of benzene rings is 4. The van der Waals surface area contributed by atoms with Gasteiger partial charge >= 0.3 is 0 Å². The van der Waals surface area contributed by atoms with Gasteiger partial charge in [0.25, 0.3) is 0 Å². The fraction of sp³-hybridized carbons (Fsp3) is 0.314. The lowest BCUT2D eigenvalue weighted by molar-refractivity contribution is -0.251. The fourth-order valence-electron chi connectivity index (χ4n) is 5.32. The average molecular weight is 554 g/mol. The van der Waals surface area contributed by atoms with Gasteiger partial charge in [-0.2, -0.15) is 0 Å². The lowest BCUT2D eigenvalue weighted by Crippen LogP contribution is -2.69. The molecule has 0 saturated heterocycles. The Balaban J connectivity index is 1.45. The minimum Gasteiger partial charge on any atom is -0.377 e. The van der Waals surface area contributed by atoms with E-state index in [9.17, 15) is 0 Å². The molecule has 2 N–H and O–H groups in total. The van der Waals surface area contributed by atoms with Crippen LogP contribution in [0.1, 0.15) is 22.3 Å². The number of ether oxygens (including phenoxy) is 5. The van der Waals surface area contributed by atoms with Gasteiger partial charge < -0.3 is 29.4 Å².